The van der Waals surface area contributed by atoms with Crippen molar-refractivity contribution >= 4 is 21.8 Å². The van der Waals surface area contributed by atoms with E-state index in [1.165, 1.54) is 0 Å². The Balaban J connectivity index is 1.80. The second-order valence-electron chi connectivity index (χ2n) is 4.99. The smallest absolute Gasteiger partial charge is 0.226 e. The molecule has 0 atom stereocenters. The van der Waals surface area contributed by atoms with E-state index >= 15 is 0 Å². The van der Waals surface area contributed by atoms with Gasteiger partial charge in [0.15, 0.2) is 0 Å². The predicted octanol–water partition coefficient (Wildman–Crippen LogP) is 2.34. The molecule has 110 valence electrons. The normalized spacial score (nSPS) is 16.4. The topological polar surface area (TPSA) is 49.8 Å². The van der Waals surface area contributed by atoms with Gasteiger partial charge in [0.05, 0.1) is 19.1 Å². The van der Waals surface area contributed by atoms with E-state index in [0.717, 1.165) is 43.4 Å². The fourth-order valence-electron chi connectivity index (χ4n) is 2.44. The lowest BCUT2D eigenvalue weighted by atomic mass is 10.1. The summed E-state index contributed by atoms with van der Waals surface area (Å²) in [5, 5.41) is 10.3. The van der Waals surface area contributed by atoms with Gasteiger partial charge in [0.25, 0.3) is 0 Å². The summed E-state index contributed by atoms with van der Waals surface area (Å²) in [4.78, 5) is 14.1. The molecule has 5 heteroatoms. The van der Waals surface area contributed by atoms with Crippen molar-refractivity contribution in [1.29, 1.82) is 0 Å². The summed E-state index contributed by atoms with van der Waals surface area (Å²) in [5.41, 5.74) is 0.854. The van der Waals surface area contributed by atoms with Crippen LogP contribution in [0.3, 0.4) is 0 Å². The van der Waals surface area contributed by atoms with E-state index in [1.54, 1.807) is 18.2 Å². The van der Waals surface area contributed by atoms with E-state index in [9.17, 15) is 9.90 Å². The van der Waals surface area contributed by atoms with E-state index < -0.39 is 0 Å². The van der Waals surface area contributed by atoms with Crippen LogP contribution in [0.4, 0.5) is 0 Å². The molecule has 0 aliphatic carbocycles. The molecule has 1 saturated heterocycles. The third kappa shape index (κ3) is 4.49. The van der Waals surface area contributed by atoms with Gasteiger partial charge in [-0.15, -0.1) is 0 Å². The van der Waals surface area contributed by atoms with Crippen LogP contribution in [-0.4, -0.2) is 47.0 Å². The van der Waals surface area contributed by atoms with Crippen LogP contribution >= 0.6 is 15.9 Å². The van der Waals surface area contributed by atoms with E-state index in [2.05, 4.69) is 15.9 Å². The number of benzene rings is 1. The Morgan fingerprint density at radius 3 is 2.80 bits per heavy atom. The van der Waals surface area contributed by atoms with Crippen LogP contribution in [-0.2, 0) is 16.0 Å². The number of piperidine rings is 1. The quantitative estimate of drug-likeness (QED) is 0.836. The van der Waals surface area contributed by atoms with E-state index in [4.69, 9.17) is 4.74 Å². The van der Waals surface area contributed by atoms with E-state index in [-0.39, 0.29) is 17.8 Å². The number of ether oxygens (including phenoxy) is 1. The number of phenols is 1. The van der Waals surface area contributed by atoms with E-state index in [0.29, 0.717) is 6.42 Å². The van der Waals surface area contributed by atoms with Gasteiger partial charge in [-0.05, 0) is 30.5 Å². The Kier molecular flexibility index (Phi) is 5.86. The number of likely N-dealkylation sites (tertiary alicyclic amines) is 1. The van der Waals surface area contributed by atoms with E-state index in [1.807, 2.05) is 11.0 Å². The van der Waals surface area contributed by atoms with Crippen molar-refractivity contribution in [2.75, 3.05) is 25.0 Å². The van der Waals surface area contributed by atoms with Gasteiger partial charge < -0.3 is 14.7 Å². The molecule has 1 amide bonds. The fraction of sp³-hybridized carbons (Fsp3) is 0.533. The zero-order valence-corrected chi connectivity index (χ0v) is 13.0. The minimum absolute atomic E-state index is 0.120. The minimum atomic E-state index is 0.120. The van der Waals surface area contributed by atoms with Crippen molar-refractivity contribution in [3.05, 3.63) is 29.8 Å². The minimum Gasteiger partial charge on any atom is -0.508 e. The molecule has 1 aliphatic heterocycles. The number of carbonyl (C=O) groups excluding carboxylic acids is 1. The molecule has 1 N–H and O–H groups in total. The first-order valence-electron chi connectivity index (χ1n) is 6.92. The average molecular weight is 342 g/mol. The zero-order valence-electron chi connectivity index (χ0n) is 11.4. The number of hydrogen-bond donors (Lipinski definition) is 1. The van der Waals surface area contributed by atoms with Crippen molar-refractivity contribution in [2.24, 2.45) is 0 Å². The Hall–Kier alpha value is -1.07. The van der Waals surface area contributed by atoms with Crippen molar-refractivity contribution in [3.8, 4) is 5.75 Å². The fourth-order valence-corrected chi connectivity index (χ4v) is 2.62. The first kappa shape index (κ1) is 15.3. The number of nitrogens with zero attached hydrogens (tertiary/aromatic N) is 1. The highest BCUT2D eigenvalue weighted by Gasteiger charge is 2.23. The maximum Gasteiger partial charge on any atom is 0.226 e. The highest BCUT2D eigenvalue weighted by atomic mass is 79.9. The number of halogens is 1. The van der Waals surface area contributed by atoms with Crippen molar-refractivity contribution in [2.45, 2.75) is 25.4 Å². The summed E-state index contributed by atoms with van der Waals surface area (Å²) >= 11 is 3.34. The standard InChI is InChI=1S/C15H20BrNO3/c16-6-9-20-14-4-7-17(8-5-14)15(19)11-12-2-1-3-13(18)10-12/h1-3,10,14,18H,4-9,11H2. The monoisotopic (exact) mass is 341 g/mol. The summed E-state index contributed by atoms with van der Waals surface area (Å²) < 4.78 is 5.68. The Morgan fingerprint density at radius 1 is 1.40 bits per heavy atom. The molecule has 0 saturated carbocycles. The predicted molar refractivity (Wildman–Crippen MR) is 81.2 cm³/mol. The molecule has 1 heterocycles. The summed E-state index contributed by atoms with van der Waals surface area (Å²) in [6.45, 7) is 2.23. The summed E-state index contributed by atoms with van der Waals surface area (Å²) in [6.07, 6.45) is 2.43. The Morgan fingerprint density at radius 2 is 2.15 bits per heavy atom. The highest BCUT2D eigenvalue weighted by molar-refractivity contribution is 9.09. The molecule has 0 bridgehead atoms. The molecule has 1 aliphatic rings. The summed E-state index contributed by atoms with van der Waals surface area (Å²) in [6, 6.07) is 6.88. The number of phenolic OH excluding ortho intramolecular Hbond substituents is 1. The molecule has 0 spiro atoms. The third-order valence-corrected chi connectivity index (χ3v) is 3.82. The van der Waals surface area contributed by atoms with Crippen LogP contribution in [0, 0.1) is 0 Å². The van der Waals surface area contributed by atoms with Gasteiger partial charge in [-0.25, -0.2) is 0 Å². The number of amides is 1. The Labute approximate surface area is 127 Å². The molecular weight excluding hydrogens is 322 g/mol. The largest absolute Gasteiger partial charge is 0.508 e. The van der Waals surface area contributed by atoms with Crippen molar-refractivity contribution in [3.63, 3.8) is 0 Å². The second kappa shape index (κ2) is 7.64. The first-order valence-corrected chi connectivity index (χ1v) is 8.04. The van der Waals surface area contributed by atoms with Crippen molar-refractivity contribution < 1.29 is 14.6 Å². The summed E-state index contributed by atoms with van der Waals surface area (Å²) in [7, 11) is 0. The number of carbonyl (C=O) groups is 1. The molecule has 1 aromatic carbocycles. The van der Waals surface area contributed by atoms with Gasteiger partial charge in [0.1, 0.15) is 5.75 Å². The molecule has 4 nitrogen and oxygen atoms in total. The lowest BCUT2D eigenvalue weighted by Gasteiger charge is -2.32. The number of rotatable bonds is 5. The van der Waals surface area contributed by atoms with Gasteiger partial charge in [0.2, 0.25) is 5.91 Å². The van der Waals surface area contributed by atoms with Crippen LogP contribution in [0.25, 0.3) is 0 Å². The van der Waals surface area contributed by atoms with Crippen LogP contribution in [0.5, 0.6) is 5.75 Å². The maximum absolute atomic E-state index is 12.2. The van der Waals surface area contributed by atoms with Gasteiger partial charge >= 0.3 is 0 Å². The van der Waals surface area contributed by atoms with Gasteiger partial charge in [-0.2, -0.15) is 0 Å². The number of hydrogen-bond acceptors (Lipinski definition) is 3. The zero-order chi connectivity index (χ0) is 14.4. The number of alkyl halides is 1. The molecular formula is C15H20BrNO3. The van der Waals surface area contributed by atoms with Gasteiger partial charge in [-0.3, -0.25) is 4.79 Å². The molecule has 0 radical (unpaired) electrons. The lowest BCUT2D eigenvalue weighted by molar-refractivity contribution is -0.133. The second-order valence-corrected chi connectivity index (χ2v) is 5.78. The van der Waals surface area contributed by atoms with Crippen LogP contribution < -0.4 is 0 Å². The summed E-state index contributed by atoms with van der Waals surface area (Å²) in [5.74, 6) is 0.326. The maximum atomic E-state index is 12.2. The highest BCUT2D eigenvalue weighted by Crippen LogP contribution is 2.16. The molecule has 0 aromatic heterocycles. The van der Waals surface area contributed by atoms with Gasteiger partial charge in [-0.1, -0.05) is 28.1 Å². The van der Waals surface area contributed by atoms with Crippen molar-refractivity contribution in [1.82, 2.24) is 4.90 Å². The first-order chi connectivity index (χ1) is 9.69. The van der Waals surface area contributed by atoms with Crippen LogP contribution in [0.2, 0.25) is 0 Å². The molecule has 20 heavy (non-hydrogen) atoms. The lowest BCUT2D eigenvalue weighted by Crippen LogP contribution is -2.41. The molecule has 0 unspecified atom stereocenters. The van der Waals surface area contributed by atoms with Crippen LogP contribution in [0.15, 0.2) is 24.3 Å². The molecule has 1 aromatic rings. The third-order valence-electron chi connectivity index (χ3n) is 3.49. The van der Waals surface area contributed by atoms with Crippen LogP contribution in [0.1, 0.15) is 18.4 Å². The Bertz CT molecular complexity index is 444. The van der Waals surface area contributed by atoms with Gasteiger partial charge in [0, 0.05) is 18.4 Å². The molecule has 2 rings (SSSR count). The average Bonchev–Trinajstić information content (AvgIpc) is 2.45. The SMILES string of the molecule is O=C(Cc1cccc(O)c1)N1CCC(OCCBr)CC1. The molecule has 1 fully saturated rings. The number of aromatic hydroxyl groups is 1.